The van der Waals surface area contributed by atoms with E-state index in [1.807, 2.05) is 0 Å². The molecule has 0 bridgehead atoms. The first-order valence-electron chi connectivity index (χ1n) is 10.3. The first kappa shape index (κ1) is 25.4. The zero-order valence-electron chi connectivity index (χ0n) is 17.9. The van der Waals surface area contributed by atoms with Crippen molar-refractivity contribution in [2.24, 2.45) is 0 Å². The number of carbonyl (C=O) groups excluding carboxylic acids is 3. The minimum atomic E-state index is -1.30. The van der Waals surface area contributed by atoms with E-state index in [4.69, 9.17) is 27.9 Å². The van der Waals surface area contributed by atoms with Gasteiger partial charge in [0.1, 0.15) is 23.7 Å². The number of esters is 1. The summed E-state index contributed by atoms with van der Waals surface area (Å²) >= 11 is 14.5. The van der Waals surface area contributed by atoms with Crippen molar-refractivity contribution in [1.82, 2.24) is 10.2 Å². The number of carboxylic acids is 1. The quantitative estimate of drug-likeness (QED) is 0.289. The third-order valence-electron chi connectivity index (χ3n) is 5.21. The lowest BCUT2D eigenvalue weighted by Gasteiger charge is -2.49. The second-order valence-corrected chi connectivity index (χ2v) is 10.5. The third-order valence-corrected chi connectivity index (χ3v) is 8.28. The zero-order valence-corrected chi connectivity index (χ0v) is 21.0. The number of carboxylic acid groups (broad SMARTS) is 1. The van der Waals surface area contributed by atoms with Gasteiger partial charge < -0.3 is 15.2 Å². The van der Waals surface area contributed by atoms with E-state index >= 15 is 0 Å². The van der Waals surface area contributed by atoms with Crippen LogP contribution in [0.3, 0.4) is 0 Å². The first-order valence-corrected chi connectivity index (χ1v) is 13.0. The lowest BCUT2D eigenvalue weighted by molar-refractivity contribution is -0.150. The van der Waals surface area contributed by atoms with E-state index in [0.717, 1.165) is 4.90 Å². The molecule has 0 unspecified atom stereocenters. The van der Waals surface area contributed by atoms with Gasteiger partial charge in [0.05, 0.1) is 16.3 Å². The van der Waals surface area contributed by atoms with Gasteiger partial charge in [-0.15, -0.1) is 23.5 Å². The molecule has 1 saturated heterocycles. The smallest absolute Gasteiger partial charge is 0.352 e. The Morgan fingerprint density at radius 2 is 1.91 bits per heavy atom. The van der Waals surface area contributed by atoms with Crippen molar-refractivity contribution in [2.45, 2.75) is 16.3 Å². The SMILES string of the molecule is O=C(CSc1cc(Cl)ccc1Cl)N[C@@H]1C(=O)N2C(C(=O)O)=C(COC(=O)c3ccccc3)CS[C@H]12. The van der Waals surface area contributed by atoms with Crippen molar-refractivity contribution in [3.63, 3.8) is 0 Å². The van der Waals surface area contributed by atoms with Crippen molar-refractivity contribution in [2.75, 3.05) is 18.1 Å². The highest BCUT2D eigenvalue weighted by Crippen LogP contribution is 2.40. The molecule has 182 valence electrons. The lowest BCUT2D eigenvalue weighted by Crippen LogP contribution is -2.70. The minimum Gasteiger partial charge on any atom is -0.477 e. The normalized spacial score (nSPS) is 19.0. The number of nitrogens with zero attached hydrogens (tertiary/aromatic N) is 1. The molecule has 2 aromatic rings. The molecule has 2 amide bonds. The summed E-state index contributed by atoms with van der Waals surface area (Å²) in [7, 11) is 0. The first-order chi connectivity index (χ1) is 16.8. The average molecular weight is 553 g/mol. The summed E-state index contributed by atoms with van der Waals surface area (Å²) < 4.78 is 5.27. The van der Waals surface area contributed by atoms with E-state index in [1.54, 1.807) is 48.5 Å². The Morgan fingerprint density at radius 3 is 2.63 bits per heavy atom. The number of nitrogens with one attached hydrogen (secondary N) is 1. The fourth-order valence-corrected chi connectivity index (χ4v) is 6.18. The van der Waals surface area contributed by atoms with Crippen molar-refractivity contribution in [3.8, 4) is 0 Å². The van der Waals surface area contributed by atoms with Crippen LogP contribution in [-0.2, 0) is 19.1 Å². The van der Waals surface area contributed by atoms with Crippen molar-refractivity contribution in [3.05, 3.63) is 75.4 Å². The Balaban J connectivity index is 1.38. The Kier molecular flexibility index (Phi) is 7.95. The number of hydrogen-bond acceptors (Lipinski definition) is 7. The van der Waals surface area contributed by atoms with Crippen LogP contribution >= 0.6 is 46.7 Å². The highest BCUT2D eigenvalue weighted by molar-refractivity contribution is 8.00. The topological polar surface area (TPSA) is 113 Å². The molecule has 2 aliphatic rings. The van der Waals surface area contributed by atoms with Gasteiger partial charge in [-0.2, -0.15) is 0 Å². The summed E-state index contributed by atoms with van der Waals surface area (Å²) in [5.74, 6) is -2.59. The van der Waals surface area contributed by atoms with Crippen LogP contribution in [0.1, 0.15) is 10.4 Å². The van der Waals surface area contributed by atoms with Crippen LogP contribution in [0.2, 0.25) is 10.0 Å². The Hall–Kier alpha value is -2.66. The van der Waals surface area contributed by atoms with Gasteiger partial charge in [0.25, 0.3) is 5.91 Å². The van der Waals surface area contributed by atoms with Gasteiger partial charge in [-0.25, -0.2) is 9.59 Å². The molecule has 0 saturated carbocycles. The summed E-state index contributed by atoms with van der Waals surface area (Å²) in [4.78, 5) is 51.2. The molecule has 35 heavy (non-hydrogen) atoms. The van der Waals surface area contributed by atoms with E-state index in [1.165, 1.54) is 23.5 Å². The van der Waals surface area contributed by atoms with Gasteiger partial charge in [-0.05, 0) is 30.3 Å². The highest BCUT2D eigenvalue weighted by atomic mass is 35.5. The van der Waals surface area contributed by atoms with Crippen molar-refractivity contribution < 1.29 is 29.0 Å². The number of benzene rings is 2. The Labute approximate surface area is 219 Å². The van der Waals surface area contributed by atoms with Crippen molar-refractivity contribution >= 4 is 70.5 Å². The second kappa shape index (κ2) is 10.9. The maximum atomic E-state index is 12.8. The molecule has 0 aromatic heterocycles. The standard InChI is InChI=1S/C23H18Cl2N2O6S2/c24-14-6-7-15(25)16(8-14)34-11-17(28)26-18-20(29)27-19(22(30)31)13(10-35-21(18)27)9-33-23(32)12-4-2-1-3-5-12/h1-8,18,21H,9-11H2,(H,26,28)(H,30,31)/t18-,21-/m1/s1. The largest absolute Gasteiger partial charge is 0.477 e. The lowest BCUT2D eigenvalue weighted by atomic mass is 10.0. The minimum absolute atomic E-state index is 0.00352. The summed E-state index contributed by atoms with van der Waals surface area (Å²) in [5.41, 5.74) is 0.434. The van der Waals surface area contributed by atoms with Crippen LogP contribution in [0.15, 0.2) is 64.7 Å². The molecule has 2 N–H and O–H groups in total. The Bertz CT molecular complexity index is 1220. The molecule has 1 fully saturated rings. The average Bonchev–Trinajstić information content (AvgIpc) is 2.86. The summed E-state index contributed by atoms with van der Waals surface area (Å²) in [6.07, 6.45) is 0. The number of thioether (sulfide) groups is 2. The summed E-state index contributed by atoms with van der Waals surface area (Å²) in [6, 6.07) is 12.4. The molecule has 0 radical (unpaired) electrons. The number of halogens is 2. The molecule has 4 rings (SSSR count). The van der Waals surface area contributed by atoms with Gasteiger partial charge in [0.15, 0.2) is 0 Å². The number of ether oxygens (including phenoxy) is 1. The molecular weight excluding hydrogens is 535 g/mol. The van der Waals surface area contributed by atoms with E-state index in [0.29, 0.717) is 26.1 Å². The number of fused-ring (bicyclic) bond motifs is 1. The van der Waals surface area contributed by atoms with E-state index in [9.17, 15) is 24.3 Å². The molecule has 12 heteroatoms. The number of rotatable bonds is 8. The maximum absolute atomic E-state index is 12.8. The summed E-state index contributed by atoms with van der Waals surface area (Å²) in [5, 5.41) is 12.8. The van der Waals surface area contributed by atoms with Crippen LogP contribution < -0.4 is 5.32 Å². The van der Waals surface area contributed by atoms with Gasteiger partial charge in [0, 0.05) is 21.2 Å². The number of hydrogen-bond donors (Lipinski definition) is 2. The monoisotopic (exact) mass is 552 g/mol. The predicted octanol–water partition coefficient (Wildman–Crippen LogP) is 3.68. The van der Waals surface area contributed by atoms with Crippen molar-refractivity contribution in [1.29, 1.82) is 0 Å². The zero-order chi connectivity index (χ0) is 25.1. The number of aliphatic carboxylic acids is 1. The van der Waals surface area contributed by atoms with Gasteiger partial charge in [0.2, 0.25) is 5.91 Å². The van der Waals surface area contributed by atoms with Gasteiger partial charge in [-0.3, -0.25) is 14.5 Å². The van der Waals surface area contributed by atoms with E-state index in [2.05, 4.69) is 5.32 Å². The number of carbonyl (C=O) groups is 4. The molecule has 0 aliphatic carbocycles. The van der Waals surface area contributed by atoms with Gasteiger partial charge in [-0.1, -0.05) is 41.4 Å². The number of amides is 2. The number of β-lactam (4-membered cyclic amide) rings is 1. The van der Waals surface area contributed by atoms with E-state index < -0.39 is 35.2 Å². The molecular formula is C23H18Cl2N2O6S2. The molecule has 0 spiro atoms. The molecule has 2 aromatic carbocycles. The Morgan fingerprint density at radius 1 is 1.17 bits per heavy atom. The molecule has 8 nitrogen and oxygen atoms in total. The highest BCUT2D eigenvalue weighted by Gasteiger charge is 2.54. The maximum Gasteiger partial charge on any atom is 0.352 e. The molecule has 2 heterocycles. The third kappa shape index (κ3) is 5.61. The van der Waals surface area contributed by atoms with Crippen LogP contribution in [0.5, 0.6) is 0 Å². The molecule has 2 atom stereocenters. The van der Waals surface area contributed by atoms with Crippen LogP contribution in [0.4, 0.5) is 0 Å². The van der Waals surface area contributed by atoms with Gasteiger partial charge >= 0.3 is 11.9 Å². The van der Waals surface area contributed by atoms with Crippen LogP contribution in [0.25, 0.3) is 0 Å². The van der Waals surface area contributed by atoms with E-state index in [-0.39, 0.29) is 23.8 Å². The molecule has 2 aliphatic heterocycles. The van der Waals surface area contributed by atoms with Crippen LogP contribution in [0, 0.1) is 0 Å². The summed E-state index contributed by atoms with van der Waals surface area (Å²) in [6.45, 7) is -0.257. The predicted molar refractivity (Wildman–Crippen MR) is 134 cm³/mol. The second-order valence-electron chi connectivity index (χ2n) is 7.52. The van der Waals surface area contributed by atoms with Crippen LogP contribution in [-0.4, -0.2) is 63.3 Å². The fraction of sp³-hybridized carbons (Fsp3) is 0.217. The fourth-order valence-electron chi connectivity index (χ4n) is 3.55.